The van der Waals surface area contributed by atoms with E-state index < -0.39 is 31.1 Å². The Kier molecular flexibility index (Phi) is 5.82. The van der Waals surface area contributed by atoms with Crippen molar-refractivity contribution in [3.63, 3.8) is 0 Å². The van der Waals surface area contributed by atoms with Gasteiger partial charge in [0.25, 0.3) is 0 Å². The second-order valence-electron chi connectivity index (χ2n) is 3.83. The molecule has 20 heavy (non-hydrogen) atoms. The molecule has 0 unspecified atom stereocenters. The number of benzene rings is 1. The molecule has 110 valence electrons. The van der Waals surface area contributed by atoms with Crippen LogP contribution in [0.5, 0.6) is 0 Å². The first-order valence-electron chi connectivity index (χ1n) is 5.54. The number of halogens is 4. The predicted octanol–water partition coefficient (Wildman–Crippen LogP) is 3.16. The maximum Gasteiger partial charge on any atom is 0.422 e. The van der Waals surface area contributed by atoms with Gasteiger partial charge in [-0.15, -0.1) is 0 Å². The van der Waals surface area contributed by atoms with E-state index >= 15 is 0 Å². The van der Waals surface area contributed by atoms with E-state index in [1.807, 2.05) is 0 Å². The molecule has 8 heteroatoms. The fraction of sp³-hybridized carbons (Fsp3) is 0.333. The molecule has 0 bridgehead atoms. The zero-order valence-electron chi connectivity index (χ0n) is 10.2. The molecule has 4 nitrogen and oxygen atoms in total. The molecule has 0 aliphatic heterocycles. The summed E-state index contributed by atoms with van der Waals surface area (Å²) in [6, 6.07) is 6.24. The minimum absolute atomic E-state index is 0.265. The normalized spacial score (nSPS) is 11.0. The van der Waals surface area contributed by atoms with Gasteiger partial charge in [0, 0.05) is 17.1 Å². The van der Waals surface area contributed by atoms with Crippen molar-refractivity contribution in [1.82, 2.24) is 0 Å². The van der Waals surface area contributed by atoms with Crippen LogP contribution in [0.25, 0.3) is 0 Å². The quantitative estimate of drug-likeness (QED) is 0.850. The molecule has 0 heterocycles. The Morgan fingerprint density at radius 2 is 1.75 bits per heavy atom. The number of alkyl halides is 3. The lowest BCUT2D eigenvalue weighted by atomic mass is 10.2. The number of amides is 1. The second-order valence-corrected chi connectivity index (χ2v) is 4.27. The molecule has 0 aliphatic carbocycles. The molecule has 1 aromatic rings. The van der Waals surface area contributed by atoms with Gasteiger partial charge in [-0.2, -0.15) is 13.2 Å². The van der Waals surface area contributed by atoms with Gasteiger partial charge in [0.05, 0.1) is 6.42 Å². The number of rotatable bonds is 5. The van der Waals surface area contributed by atoms with E-state index in [1.165, 1.54) is 0 Å². The van der Waals surface area contributed by atoms with Crippen LogP contribution in [0.15, 0.2) is 24.3 Å². The number of carbonyl (C=O) groups excluding carboxylic acids is 2. The average molecular weight is 310 g/mol. The lowest BCUT2D eigenvalue weighted by Gasteiger charge is -2.08. The first-order valence-corrected chi connectivity index (χ1v) is 5.92. The summed E-state index contributed by atoms with van der Waals surface area (Å²) in [6.07, 6.45) is -5.25. The van der Waals surface area contributed by atoms with Crippen LogP contribution < -0.4 is 5.32 Å². The van der Waals surface area contributed by atoms with Gasteiger partial charge in [0.15, 0.2) is 6.61 Å². The minimum atomic E-state index is -4.57. The summed E-state index contributed by atoms with van der Waals surface area (Å²) in [5.74, 6) is -1.58. The van der Waals surface area contributed by atoms with Crippen LogP contribution in [0, 0.1) is 0 Å². The smallest absolute Gasteiger partial charge is 0.422 e. The third-order valence-electron chi connectivity index (χ3n) is 2.08. The first kappa shape index (κ1) is 16.3. The SMILES string of the molecule is O=C(CCC(=O)OCC(F)(F)F)Nc1ccc(Cl)cc1. The molecule has 1 N–H and O–H groups in total. The van der Waals surface area contributed by atoms with Crippen LogP contribution in [0.2, 0.25) is 5.02 Å². The fourth-order valence-corrected chi connectivity index (χ4v) is 1.33. The van der Waals surface area contributed by atoms with Crippen molar-refractivity contribution in [2.75, 3.05) is 11.9 Å². The molecule has 0 radical (unpaired) electrons. The van der Waals surface area contributed by atoms with E-state index in [0.29, 0.717) is 10.7 Å². The predicted molar refractivity (Wildman–Crippen MR) is 66.3 cm³/mol. The number of hydrogen-bond acceptors (Lipinski definition) is 3. The standard InChI is InChI=1S/C12H11ClF3NO3/c13-8-1-3-9(4-2-8)17-10(18)5-6-11(19)20-7-12(14,15)16/h1-4H,5-7H2,(H,17,18). The molecule has 0 spiro atoms. The van der Waals surface area contributed by atoms with E-state index in [9.17, 15) is 22.8 Å². The highest BCUT2D eigenvalue weighted by molar-refractivity contribution is 6.30. The Hall–Kier alpha value is -1.76. The average Bonchev–Trinajstić information content (AvgIpc) is 2.36. The largest absolute Gasteiger partial charge is 0.456 e. The molecule has 0 atom stereocenters. The lowest BCUT2D eigenvalue weighted by molar-refractivity contribution is -0.186. The number of nitrogens with one attached hydrogen (secondary N) is 1. The highest BCUT2D eigenvalue weighted by Crippen LogP contribution is 2.15. The molecular weight excluding hydrogens is 299 g/mol. The van der Waals surface area contributed by atoms with Crippen molar-refractivity contribution in [2.45, 2.75) is 19.0 Å². The van der Waals surface area contributed by atoms with Crippen molar-refractivity contribution < 1.29 is 27.5 Å². The molecule has 1 amide bonds. The van der Waals surface area contributed by atoms with Crippen molar-refractivity contribution in [1.29, 1.82) is 0 Å². The summed E-state index contributed by atoms with van der Waals surface area (Å²) in [4.78, 5) is 22.4. The third kappa shape index (κ3) is 6.98. The van der Waals surface area contributed by atoms with Gasteiger partial charge in [-0.05, 0) is 24.3 Å². The molecule has 0 saturated heterocycles. The lowest BCUT2D eigenvalue weighted by Crippen LogP contribution is -2.21. The zero-order chi connectivity index (χ0) is 15.2. The highest BCUT2D eigenvalue weighted by atomic mass is 35.5. The summed E-state index contributed by atoms with van der Waals surface area (Å²) in [6.45, 7) is -1.65. The summed E-state index contributed by atoms with van der Waals surface area (Å²) in [5.41, 5.74) is 0.475. The zero-order valence-corrected chi connectivity index (χ0v) is 10.9. The highest BCUT2D eigenvalue weighted by Gasteiger charge is 2.29. The van der Waals surface area contributed by atoms with E-state index in [2.05, 4.69) is 10.1 Å². The van der Waals surface area contributed by atoms with E-state index in [0.717, 1.165) is 0 Å². The maximum absolute atomic E-state index is 11.8. The van der Waals surface area contributed by atoms with Crippen molar-refractivity contribution in [3.8, 4) is 0 Å². The molecule has 0 aliphatic rings. The van der Waals surface area contributed by atoms with Gasteiger partial charge in [-0.25, -0.2) is 0 Å². The maximum atomic E-state index is 11.8. The minimum Gasteiger partial charge on any atom is -0.456 e. The van der Waals surface area contributed by atoms with Crippen LogP contribution in [-0.4, -0.2) is 24.7 Å². The van der Waals surface area contributed by atoms with Crippen molar-refractivity contribution >= 4 is 29.2 Å². The Bertz CT molecular complexity index is 474. The van der Waals surface area contributed by atoms with Crippen LogP contribution in [0.3, 0.4) is 0 Å². The van der Waals surface area contributed by atoms with Gasteiger partial charge in [-0.3, -0.25) is 9.59 Å². The number of hydrogen-bond donors (Lipinski definition) is 1. The molecule has 0 saturated carbocycles. The summed E-state index contributed by atoms with van der Waals surface area (Å²) in [7, 11) is 0. The summed E-state index contributed by atoms with van der Waals surface area (Å²) < 4.78 is 39.3. The monoisotopic (exact) mass is 309 g/mol. The Morgan fingerprint density at radius 3 is 2.30 bits per heavy atom. The number of carbonyl (C=O) groups is 2. The van der Waals surface area contributed by atoms with E-state index in [1.54, 1.807) is 24.3 Å². The van der Waals surface area contributed by atoms with Gasteiger partial charge in [0.2, 0.25) is 5.91 Å². The molecule has 1 rings (SSSR count). The molecule has 1 aromatic carbocycles. The van der Waals surface area contributed by atoms with Gasteiger partial charge >= 0.3 is 12.1 Å². The van der Waals surface area contributed by atoms with Crippen LogP contribution >= 0.6 is 11.6 Å². The van der Waals surface area contributed by atoms with Crippen LogP contribution in [-0.2, 0) is 14.3 Å². The third-order valence-corrected chi connectivity index (χ3v) is 2.33. The number of ether oxygens (including phenoxy) is 1. The topological polar surface area (TPSA) is 55.4 Å². The number of esters is 1. The Morgan fingerprint density at radius 1 is 1.15 bits per heavy atom. The van der Waals surface area contributed by atoms with Crippen molar-refractivity contribution in [2.24, 2.45) is 0 Å². The van der Waals surface area contributed by atoms with E-state index in [4.69, 9.17) is 11.6 Å². The van der Waals surface area contributed by atoms with Crippen molar-refractivity contribution in [3.05, 3.63) is 29.3 Å². The van der Waals surface area contributed by atoms with Gasteiger partial charge in [-0.1, -0.05) is 11.6 Å². The second kappa shape index (κ2) is 7.14. The molecular formula is C12H11ClF3NO3. The van der Waals surface area contributed by atoms with Crippen LogP contribution in [0.1, 0.15) is 12.8 Å². The Labute approximate surface area is 117 Å². The molecule has 0 aromatic heterocycles. The summed E-state index contributed by atoms with van der Waals surface area (Å²) >= 11 is 5.66. The molecule has 0 fully saturated rings. The van der Waals surface area contributed by atoms with Gasteiger partial charge in [0.1, 0.15) is 0 Å². The fourth-order valence-electron chi connectivity index (χ4n) is 1.21. The van der Waals surface area contributed by atoms with E-state index in [-0.39, 0.29) is 6.42 Å². The van der Waals surface area contributed by atoms with Crippen LogP contribution in [0.4, 0.5) is 18.9 Å². The summed E-state index contributed by atoms with van der Waals surface area (Å²) in [5, 5.41) is 2.97. The first-order chi connectivity index (χ1) is 9.26. The Balaban J connectivity index is 2.29. The number of anilines is 1. The van der Waals surface area contributed by atoms with Gasteiger partial charge < -0.3 is 10.1 Å².